The van der Waals surface area contributed by atoms with Crippen LogP contribution in [-0.4, -0.2) is 71.5 Å². The van der Waals surface area contributed by atoms with Crippen LogP contribution in [0.4, 0.5) is 9.18 Å². The van der Waals surface area contributed by atoms with E-state index in [1.165, 1.54) is 13.2 Å². The molecule has 8 atom stereocenters. The van der Waals surface area contributed by atoms with E-state index in [1.54, 1.807) is 26.8 Å². The van der Waals surface area contributed by atoms with E-state index in [-0.39, 0.29) is 38.0 Å². The fourth-order valence-corrected chi connectivity index (χ4v) is 7.71. The Kier molecular flexibility index (Phi) is 6.90. The molecule has 0 radical (unpaired) electrons. The second-order valence-electron chi connectivity index (χ2n) is 11.4. The van der Waals surface area contributed by atoms with E-state index >= 15 is 4.39 Å². The minimum absolute atomic E-state index is 0.0407. The molecule has 4 aliphatic carbocycles. The summed E-state index contributed by atoms with van der Waals surface area (Å²) in [6.07, 6.45) is 2.94. The fourth-order valence-electron chi connectivity index (χ4n) is 7.71. The summed E-state index contributed by atoms with van der Waals surface area (Å²) in [6.45, 7) is 4.39. The first-order chi connectivity index (χ1) is 17.3. The largest absolute Gasteiger partial charge is 0.469 e. The molecule has 2 fully saturated rings. The summed E-state index contributed by atoms with van der Waals surface area (Å²) < 4.78 is 26.7. The van der Waals surface area contributed by atoms with Gasteiger partial charge < -0.3 is 25.0 Å². The first kappa shape index (κ1) is 27.4. The standard InChI is InChI=1S/C27H36FNO8/c1-15-11-19-18-6-5-16-12-17(30)7-9-24(16,2)26(18,28)20(31)13-25(19,3)27(15,35)21(32)14-37-23(34)29-10-8-22(33)36-4/h5,7,9,15,18-20,31,35H,6,8,10-14H2,1-4H3,(H,29,34)/t15-,18?,19?,20?,24?,25?,26+,27+/m1/s1. The highest BCUT2D eigenvalue weighted by Gasteiger charge is 2.75. The lowest BCUT2D eigenvalue weighted by atomic mass is 9.45. The number of nitrogens with one attached hydrogen (secondary N) is 1. The van der Waals surface area contributed by atoms with Gasteiger partial charge in [-0.1, -0.05) is 31.6 Å². The number of carbonyl (C=O) groups excluding carboxylic acids is 4. The van der Waals surface area contributed by atoms with Gasteiger partial charge in [0.25, 0.3) is 0 Å². The first-order valence-electron chi connectivity index (χ1n) is 12.8. The van der Waals surface area contributed by atoms with Crippen LogP contribution >= 0.6 is 0 Å². The van der Waals surface area contributed by atoms with Crippen molar-refractivity contribution in [1.82, 2.24) is 5.32 Å². The third-order valence-corrected chi connectivity index (χ3v) is 9.77. The molecular weight excluding hydrogens is 485 g/mol. The smallest absolute Gasteiger partial charge is 0.407 e. The molecule has 0 heterocycles. The van der Waals surface area contributed by atoms with Crippen molar-refractivity contribution >= 4 is 23.6 Å². The van der Waals surface area contributed by atoms with E-state index in [1.807, 2.05) is 6.08 Å². The van der Waals surface area contributed by atoms with Crippen LogP contribution in [0.3, 0.4) is 0 Å². The molecule has 0 spiro atoms. The molecule has 204 valence electrons. The summed E-state index contributed by atoms with van der Waals surface area (Å²) >= 11 is 0. The number of alkyl halides is 1. The summed E-state index contributed by atoms with van der Waals surface area (Å²) in [5, 5.41) is 25.6. The Bertz CT molecular complexity index is 1070. The molecule has 9 nitrogen and oxygen atoms in total. The Morgan fingerprint density at radius 1 is 1.24 bits per heavy atom. The number of amides is 1. The maximum Gasteiger partial charge on any atom is 0.407 e. The Hall–Kier alpha value is -2.59. The van der Waals surface area contributed by atoms with Crippen LogP contribution in [0.5, 0.6) is 0 Å². The number of halogens is 1. The minimum Gasteiger partial charge on any atom is -0.469 e. The Morgan fingerprint density at radius 3 is 2.62 bits per heavy atom. The zero-order valence-corrected chi connectivity index (χ0v) is 21.7. The molecule has 0 aromatic heterocycles. The fraction of sp³-hybridized carbons (Fsp3) is 0.704. The monoisotopic (exact) mass is 521 g/mol. The van der Waals surface area contributed by atoms with Gasteiger partial charge in [-0.25, -0.2) is 9.18 Å². The number of hydrogen-bond donors (Lipinski definition) is 3. The van der Waals surface area contributed by atoms with Crippen LogP contribution in [-0.2, 0) is 23.9 Å². The lowest BCUT2D eigenvalue weighted by molar-refractivity contribution is -0.215. The molecular formula is C27H36FNO8. The van der Waals surface area contributed by atoms with Crippen molar-refractivity contribution in [2.45, 2.75) is 70.2 Å². The number of hydrogen-bond acceptors (Lipinski definition) is 8. The Balaban J connectivity index is 1.55. The summed E-state index contributed by atoms with van der Waals surface area (Å²) in [6, 6.07) is 0. The van der Waals surface area contributed by atoms with Gasteiger partial charge in [0.2, 0.25) is 5.78 Å². The van der Waals surface area contributed by atoms with Gasteiger partial charge in [0.1, 0.15) is 5.60 Å². The first-order valence-corrected chi connectivity index (χ1v) is 12.8. The number of aliphatic hydroxyl groups is 2. The maximum atomic E-state index is 17.2. The van der Waals surface area contributed by atoms with Gasteiger partial charge in [0.05, 0.1) is 19.6 Å². The number of aliphatic hydroxyl groups excluding tert-OH is 1. The number of carbonyl (C=O) groups is 4. The summed E-state index contributed by atoms with van der Waals surface area (Å²) in [5.41, 5.74) is -5.68. The third kappa shape index (κ3) is 3.86. The van der Waals surface area contributed by atoms with Crippen LogP contribution in [0.1, 0.15) is 52.9 Å². The SMILES string of the molecule is COC(=O)CCNC(=O)OCC(=O)[C@@]1(O)[C@H](C)CC2C3CC=C4CC(=O)C=CC4(C)[C@@]3(F)C(O)CC21C. The van der Waals surface area contributed by atoms with Crippen LogP contribution in [0.25, 0.3) is 0 Å². The number of allylic oxidation sites excluding steroid dienone is 4. The van der Waals surface area contributed by atoms with Gasteiger partial charge in [-0.15, -0.1) is 0 Å². The number of methoxy groups -OCH3 is 1. The van der Waals surface area contributed by atoms with Crippen LogP contribution in [0.2, 0.25) is 0 Å². The number of alkyl carbamates (subject to hydrolysis) is 1. The summed E-state index contributed by atoms with van der Waals surface area (Å²) in [5.74, 6) is -3.02. The van der Waals surface area contributed by atoms with Crippen LogP contribution in [0.15, 0.2) is 23.8 Å². The van der Waals surface area contributed by atoms with E-state index < -0.39 is 70.4 Å². The van der Waals surface area contributed by atoms with Gasteiger partial charge in [0.15, 0.2) is 18.1 Å². The molecule has 10 heteroatoms. The third-order valence-electron chi connectivity index (χ3n) is 9.77. The normalized spacial score (nSPS) is 42.1. The van der Waals surface area contributed by atoms with Crippen molar-refractivity contribution in [1.29, 1.82) is 0 Å². The highest BCUT2D eigenvalue weighted by molar-refractivity contribution is 5.94. The van der Waals surface area contributed by atoms with Gasteiger partial charge in [-0.05, 0) is 44.1 Å². The molecule has 0 saturated heterocycles. The second-order valence-corrected chi connectivity index (χ2v) is 11.4. The van der Waals surface area contributed by atoms with Gasteiger partial charge >= 0.3 is 12.1 Å². The van der Waals surface area contributed by atoms with E-state index in [9.17, 15) is 29.4 Å². The maximum absolute atomic E-state index is 17.2. The predicted molar refractivity (Wildman–Crippen MR) is 129 cm³/mol. The Labute approximate surface area is 215 Å². The van der Waals surface area contributed by atoms with Gasteiger partial charge in [0, 0.05) is 29.7 Å². The molecule has 5 unspecified atom stereocenters. The quantitative estimate of drug-likeness (QED) is 0.357. The molecule has 2 saturated carbocycles. The van der Waals surface area contributed by atoms with E-state index in [0.29, 0.717) is 12.0 Å². The molecule has 0 bridgehead atoms. The van der Waals surface area contributed by atoms with Crippen LogP contribution < -0.4 is 5.32 Å². The van der Waals surface area contributed by atoms with E-state index in [2.05, 4.69) is 10.1 Å². The van der Waals surface area contributed by atoms with Crippen LogP contribution in [0, 0.1) is 28.6 Å². The minimum atomic E-state index is -2.07. The zero-order valence-electron chi connectivity index (χ0n) is 21.7. The van der Waals surface area contributed by atoms with Crippen molar-refractivity contribution in [3.63, 3.8) is 0 Å². The number of fused-ring (bicyclic) bond motifs is 5. The van der Waals surface area contributed by atoms with E-state index in [4.69, 9.17) is 4.74 Å². The summed E-state index contributed by atoms with van der Waals surface area (Å²) in [7, 11) is 1.22. The molecule has 0 aromatic carbocycles. The number of Topliss-reactive ketones (excluding diaryl/α,β-unsaturated/α-hetero) is 1. The lowest BCUT2D eigenvalue weighted by Gasteiger charge is -2.62. The average molecular weight is 522 g/mol. The number of ketones is 2. The lowest BCUT2D eigenvalue weighted by Crippen LogP contribution is -2.69. The molecule has 3 N–H and O–H groups in total. The molecule has 1 amide bonds. The molecule has 0 aromatic rings. The molecule has 0 aliphatic heterocycles. The number of esters is 1. The van der Waals surface area contributed by atoms with Crippen molar-refractivity contribution in [3.8, 4) is 0 Å². The number of ether oxygens (including phenoxy) is 2. The highest BCUT2D eigenvalue weighted by Crippen LogP contribution is 2.70. The van der Waals surface area contributed by atoms with Gasteiger partial charge in [-0.3, -0.25) is 14.4 Å². The topological polar surface area (TPSA) is 139 Å². The molecule has 4 rings (SSSR count). The van der Waals surface area contributed by atoms with Crippen molar-refractivity contribution < 1.29 is 43.3 Å². The average Bonchev–Trinajstić information content (AvgIpc) is 3.05. The van der Waals surface area contributed by atoms with Crippen molar-refractivity contribution in [3.05, 3.63) is 23.8 Å². The second kappa shape index (κ2) is 9.31. The van der Waals surface area contributed by atoms with Crippen molar-refractivity contribution in [2.75, 3.05) is 20.3 Å². The molecule has 4 aliphatic rings. The van der Waals surface area contributed by atoms with Gasteiger partial charge in [-0.2, -0.15) is 0 Å². The zero-order chi connectivity index (χ0) is 27.4. The Morgan fingerprint density at radius 2 is 1.95 bits per heavy atom. The molecule has 37 heavy (non-hydrogen) atoms. The summed E-state index contributed by atoms with van der Waals surface area (Å²) in [4.78, 5) is 48.6. The van der Waals surface area contributed by atoms with E-state index in [0.717, 1.165) is 0 Å². The van der Waals surface area contributed by atoms with Crippen molar-refractivity contribution in [2.24, 2.45) is 28.6 Å². The highest BCUT2D eigenvalue weighted by atomic mass is 19.1. The number of rotatable bonds is 6. The predicted octanol–water partition coefficient (Wildman–Crippen LogP) is 2.19.